The molecule has 0 aliphatic heterocycles. The van der Waals surface area contributed by atoms with Crippen LogP contribution in [0.5, 0.6) is 23.1 Å². The first-order valence-electron chi connectivity index (χ1n) is 7.71. The van der Waals surface area contributed by atoms with E-state index in [9.17, 15) is 13.2 Å². The van der Waals surface area contributed by atoms with Gasteiger partial charge in [0.15, 0.2) is 0 Å². The number of halogens is 3. The fraction of sp³-hybridized carbons (Fsp3) is 0.105. The SMILES string of the molecule is Fc1cc(F)cc(Oc2ccc(OCCOc3cccc(F)n3)cc2)c1. The second-order valence-corrected chi connectivity index (χ2v) is 5.17. The Bertz CT molecular complexity index is 852. The molecule has 26 heavy (non-hydrogen) atoms. The molecule has 0 fully saturated rings. The molecule has 7 heteroatoms. The first-order chi connectivity index (χ1) is 12.6. The van der Waals surface area contributed by atoms with E-state index >= 15 is 0 Å². The summed E-state index contributed by atoms with van der Waals surface area (Å²) in [7, 11) is 0. The fourth-order valence-electron chi connectivity index (χ4n) is 2.10. The van der Waals surface area contributed by atoms with Crippen LogP contribution in [0.15, 0.2) is 60.7 Å². The minimum Gasteiger partial charge on any atom is -0.490 e. The third-order valence-corrected chi connectivity index (χ3v) is 3.19. The molecule has 1 aromatic heterocycles. The van der Waals surface area contributed by atoms with Crippen molar-refractivity contribution in [2.75, 3.05) is 13.2 Å². The zero-order valence-corrected chi connectivity index (χ0v) is 13.5. The zero-order valence-electron chi connectivity index (χ0n) is 13.5. The third-order valence-electron chi connectivity index (χ3n) is 3.19. The number of aromatic nitrogens is 1. The average molecular weight is 361 g/mol. The molecule has 3 rings (SSSR count). The minimum atomic E-state index is -0.715. The highest BCUT2D eigenvalue weighted by Crippen LogP contribution is 2.25. The van der Waals surface area contributed by atoms with Crippen molar-refractivity contribution in [1.82, 2.24) is 4.98 Å². The fourth-order valence-corrected chi connectivity index (χ4v) is 2.10. The molecule has 3 aromatic rings. The van der Waals surface area contributed by atoms with Crippen molar-refractivity contribution in [3.05, 3.63) is 78.2 Å². The second kappa shape index (κ2) is 8.24. The molecule has 0 amide bonds. The van der Waals surface area contributed by atoms with Crippen LogP contribution in [0.3, 0.4) is 0 Å². The molecule has 1 heterocycles. The van der Waals surface area contributed by atoms with Crippen molar-refractivity contribution in [2.45, 2.75) is 0 Å². The monoisotopic (exact) mass is 361 g/mol. The van der Waals surface area contributed by atoms with Crippen molar-refractivity contribution in [1.29, 1.82) is 0 Å². The summed E-state index contributed by atoms with van der Waals surface area (Å²) in [6, 6.07) is 13.7. The summed E-state index contributed by atoms with van der Waals surface area (Å²) < 4.78 is 55.3. The van der Waals surface area contributed by atoms with Crippen LogP contribution in [0, 0.1) is 17.6 Å². The van der Waals surface area contributed by atoms with Crippen molar-refractivity contribution < 1.29 is 27.4 Å². The number of pyridine rings is 1. The van der Waals surface area contributed by atoms with Gasteiger partial charge in [-0.3, -0.25) is 0 Å². The number of hydrogen-bond donors (Lipinski definition) is 0. The maximum atomic E-state index is 13.1. The van der Waals surface area contributed by atoms with Crippen LogP contribution in [-0.2, 0) is 0 Å². The van der Waals surface area contributed by atoms with E-state index in [4.69, 9.17) is 14.2 Å². The Labute approximate surface area is 147 Å². The number of hydrogen-bond acceptors (Lipinski definition) is 4. The summed E-state index contributed by atoms with van der Waals surface area (Å²) in [5.74, 6) is -0.842. The van der Waals surface area contributed by atoms with Crippen molar-refractivity contribution in [2.24, 2.45) is 0 Å². The number of benzene rings is 2. The van der Waals surface area contributed by atoms with Gasteiger partial charge in [-0.1, -0.05) is 6.07 Å². The molecule has 0 unspecified atom stereocenters. The van der Waals surface area contributed by atoms with Gasteiger partial charge in [0.1, 0.15) is 42.1 Å². The molecule has 0 aliphatic rings. The largest absolute Gasteiger partial charge is 0.490 e. The molecule has 0 atom stereocenters. The number of ether oxygens (including phenoxy) is 3. The zero-order chi connectivity index (χ0) is 18.4. The van der Waals surface area contributed by atoms with Crippen LogP contribution in [0.4, 0.5) is 13.2 Å². The quantitative estimate of drug-likeness (QED) is 0.450. The summed E-state index contributed by atoms with van der Waals surface area (Å²) in [4.78, 5) is 3.57. The smallest absolute Gasteiger partial charge is 0.216 e. The lowest BCUT2D eigenvalue weighted by molar-refractivity contribution is 0.210. The molecule has 0 saturated carbocycles. The molecule has 0 spiro atoms. The molecule has 2 aromatic carbocycles. The summed E-state index contributed by atoms with van der Waals surface area (Å²) in [5.41, 5.74) is 0. The Balaban J connectivity index is 1.48. The Kier molecular flexibility index (Phi) is 5.58. The first kappa shape index (κ1) is 17.6. The lowest BCUT2D eigenvalue weighted by atomic mass is 10.3. The topological polar surface area (TPSA) is 40.6 Å². The predicted octanol–water partition coefficient (Wildman–Crippen LogP) is 4.75. The van der Waals surface area contributed by atoms with Gasteiger partial charge in [0.2, 0.25) is 11.8 Å². The lowest BCUT2D eigenvalue weighted by Gasteiger charge is -2.09. The van der Waals surface area contributed by atoms with E-state index in [2.05, 4.69) is 4.98 Å². The van der Waals surface area contributed by atoms with Crippen molar-refractivity contribution in [3.63, 3.8) is 0 Å². The first-order valence-corrected chi connectivity index (χ1v) is 7.71. The summed E-state index contributed by atoms with van der Waals surface area (Å²) in [6.07, 6.45) is 0. The van der Waals surface area contributed by atoms with Gasteiger partial charge in [-0.25, -0.2) is 8.78 Å². The molecule has 4 nitrogen and oxygen atoms in total. The molecule has 0 bridgehead atoms. The van der Waals surface area contributed by atoms with E-state index in [0.717, 1.165) is 18.2 Å². The highest BCUT2D eigenvalue weighted by atomic mass is 19.1. The normalized spacial score (nSPS) is 10.4. The highest BCUT2D eigenvalue weighted by molar-refractivity contribution is 5.35. The van der Waals surface area contributed by atoms with Crippen LogP contribution in [-0.4, -0.2) is 18.2 Å². The van der Waals surface area contributed by atoms with E-state index in [1.807, 2.05) is 0 Å². The van der Waals surface area contributed by atoms with Gasteiger partial charge in [-0.05, 0) is 30.3 Å². The van der Waals surface area contributed by atoms with E-state index < -0.39 is 17.6 Å². The van der Waals surface area contributed by atoms with Crippen molar-refractivity contribution in [3.8, 4) is 23.1 Å². The van der Waals surface area contributed by atoms with Gasteiger partial charge in [0.05, 0.1) is 0 Å². The number of nitrogens with zero attached hydrogens (tertiary/aromatic N) is 1. The maximum Gasteiger partial charge on any atom is 0.216 e. The van der Waals surface area contributed by atoms with Gasteiger partial charge < -0.3 is 14.2 Å². The van der Waals surface area contributed by atoms with Crippen LogP contribution >= 0.6 is 0 Å². The molecule has 0 saturated heterocycles. The minimum absolute atomic E-state index is 0.0622. The van der Waals surface area contributed by atoms with Crippen LogP contribution in [0.1, 0.15) is 0 Å². The maximum absolute atomic E-state index is 13.1. The van der Waals surface area contributed by atoms with Gasteiger partial charge >= 0.3 is 0 Å². The molecule has 134 valence electrons. The number of rotatable bonds is 7. The Morgan fingerprint density at radius 3 is 2.04 bits per heavy atom. The molecule has 0 N–H and O–H groups in total. The van der Waals surface area contributed by atoms with Gasteiger partial charge in [-0.15, -0.1) is 0 Å². The third kappa shape index (κ3) is 5.14. The summed E-state index contributed by atoms with van der Waals surface area (Å²) in [5, 5.41) is 0. The highest BCUT2D eigenvalue weighted by Gasteiger charge is 2.04. The van der Waals surface area contributed by atoms with Gasteiger partial charge in [-0.2, -0.15) is 9.37 Å². The molecule has 0 aliphatic carbocycles. The van der Waals surface area contributed by atoms with E-state index in [0.29, 0.717) is 11.5 Å². The second-order valence-electron chi connectivity index (χ2n) is 5.17. The van der Waals surface area contributed by atoms with Gasteiger partial charge in [0.25, 0.3) is 0 Å². The lowest BCUT2D eigenvalue weighted by Crippen LogP contribution is -2.09. The van der Waals surface area contributed by atoms with E-state index in [1.54, 1.807) is 30.3 Å². The van der Waals surface area contributed by atoms with Crippen LogP contribution < -0.4 is 14.2 Å². The Morgan fingerprint density at radius 1 is 0.692 bits per heavy atom. The molecular formula is C19H14F3NO3. The average Bonchev–Trinajstić information content (AvgIpc) is 2.59. The predicted molar refractivity (Wildman–Crippen MR) is 88.1 cm³/mol. The molecular weight excluding hydrogens is 347 g/mol. The van der Waals surface area contributed by atoms with Crippen LogP contribution in [0.2, 0.25) is 0 Å². The van der Waals surface area contributed by atoms with E-state index in [-0.39, 0.29) is 24.8 Å². The summed E-state index contributed by atoms with van der Waals surface area (Å²) in [6.45, 7) is 0.421. The Hall–Kier alpha value is -3.22. The van der Waals surface area contributed by atoms with Crippen LogP contribution in [0.25, 0.3) is 0 Å². The standard InChI is InChI=1S/C19H14F3NO3/c20-13-10-14(21)12-17(11-13)26-16-6-4-15(5-7-16)24-8-9-25-19-3-1-2-18(22)23-19/h1-7,10-12H,8-9H2. The Morgan fingerprint density at radius 2 is 1.35 bits per heavy atom. The van der Waals surface area contributed by atoms with Crippen molar-refractivity contribution >= 4 is 0 Å². The molecule has 0 radical (unpaired) electrons. The summed E-state index contributed by atoms with van der Waals surface area (Å²) >= 11 is 0. The van der Waals surface area contributed by atoms with Gasteiger partial charge in [0, 0.05) is 24.3 Å². The van der Waals surface area contributed by atoms with E-state index in [1.165, 1.54) is 12.1 Å².